The number of benzene rings is 2. The van der Waals surface area contributed by atoms with Crippen molar-refractivity contribution >= 4 is 0 Å². The van der Waals surface area contributed by atoms with Crippen LogP contribution in [0.5, 0.6) is 5.75 Å². The monoisotopic (exact) mass is 283 g/mol. The molecule has 0 radical (unpaired) electrons. The number of rotatable bonds is 4. The third-order valence-electron chi connectivity index (χ3n) is 3.92. The van der Waals surface area contributed by atoms with Crippen LogP contribution in [0.1, 0.15) is 6.42 Å². The van der Waals surface area contributed by atoms with E-state index in [0.717, 1.165) is 18.8 Å². The van der Waals surface area contributed by atoms with Gasteiger partial charge in [0.2, 0.25) is 0 Å². The Morgan fingerprint density at radius 3 is 2.43 bits per heavy atom. The summed E-state index contributed by atoms with van der Waals surface area (Å²) < 4.78 is 11.6. The normalized spacial score (nSPS) is 22.0. The molecule has 1 aliphatic rings. The summed E-state index contributed by atoms with van der Waals surface area (Å²) >= 11 is 0. The maximum atomic E-state index is 6.06. The SMILES string of the molecule is CNC1CCOCC1Oc1ccc(-c2ccccc2)cc1. The Balaban J connectivity index is 1.69. The van der Waals surface area contributed by atoms with Gasteiger partial charge in [-0.05, 0) is 36.7 Å². The molecule has 0 bridgehead atoms. The average molecular weight is 283 g/mol. The summed E-state index contributed by atoms with van der Waals surface area (Å²) in [6, 6.07) is 19.0. The van der Waals surface area contributed by atoms with E-state index in [0.29, 0.717) is 12.6 Å². The van der Waals surface area contributed by atoms with E-state index >= 15 is 0 Å². The second kappa shape index (κ2) is 6.74. The van der Waals surface area contributed by atoms with E-state index in [1.165, 1.54) is 11.1 Å². The summed E-state index contributed by atoms with van der Waals surface area (Å²) in [5.74, 6) is 0.894. The third-order valence-corrected chi connectivity index (χ3v) is 3.92. The lowest BCUT2D eigenvalue weighted by atomic mass is 10.1. The highest BCUT2D eigenvalue weighted by atomic mass is 16.5. The summed E-state index contributed by atoms with van der Waals surface area (Å²) in [6.07, 6.45) is 1.06. The summed E-state index contributed by atoms with van der Waals surface area (Å²) in [7, 11) is 1.98. The summed E-state index contributed by atoms with van der Waals surface area (Å²) in [5, 5.41) is 3.31. The van der Waals surface area contributed by atoms with Gasteiger partial charge in [-0.3, -0.25) is 0 Å². The van der Waals surface area contributed by atoms with Crippen molar-refractivity contribution < 1.29 is 9.47 Å². The zero-order valence-electron chi connectivity index (χ0n) is 12.3. The maximum absolute atomic E-state index is 6.06. The van der Waals surface area contributed by atoms with Gasteiger partial charge in [-0.1, -0.05) is 42.5 Å². The van der Waals surface area contributed by atoms with Crippen molar-refractivity contribution in [3.8, 4) is 16.9 Å². The standard InChI is InChI=1S/C18H21NO2/c1-19-17-11-12-20-13-18(17)21-16-9-7-15(8-10-16)14-5-3-2-4-6-14/h2-10,17-19H,11-13H2,1H3. The topological polar surface area (TPSA) is 30.5 Å². The van der Waals surface area contributed by atoms with Gasteiger partial charge in [0.25, 0.3) is 0 Å². The van der Waals surface area contributed by atoms with Gasteiger partial charge in [-0.2, -0.15) is 0 Å². The molecule has 1 aliphatic heterocycles. The minimum absolute atomic E-state index is 0.0753. The fourth-order valence-corrected chi connectivity index (χ4v) is 2.69. The Morgan fingerprint density at radius 1 is 1.00 bits per heavy atom. The van der Waals surface area contributed by atoms with Crippen LogP contribution >= 0.6 is 0 Å². The van der Waals surface area contributed by atoms with E-state index in [1.807, 2.05) is 25.2 Å². The van der Waals surface area contributed by atoms with Gasteiger partial charge in [0.05, 0.1) is 6.61 Å². The van der Waals surface area contributed by atoms with Crippen LogP contribution in [0.25, 0.3) is 11.1 Å². The van der Waals surface area contributed by atoms with Crippen LogP contribution in [0.3, 0.4) is 0 Å². The minimum Gasteiger partial charge on any atom is -0.486 e. The lowest BCUT2D eigenvalue weighted by Crippen LogP contribution is -2.48. The van der Waals surface area contributed by atoms with Crippen molar-refractivity contribution in [1.82, 2.24) is 5.32 Å². The van der Waals surface area contributed by atoms with Crippen LogP contribution in [-0.4, -0.2) is 32.4 Å². The smallest absolute Gasteiger partial charge is 0.137 e. The van der Waals surface area contributed by atoms with Gasteiger partial charge >= 0.3 is 0 Å². The first kappa shape index (κ1) is 14.1. The highest BCUT2D eigenvalue weighted by Crippen LogP contribution is 2.23. The molecule has 2 aromatic rings. The Bertz CT molecular complexity index is 553. The molecule has 1 fully saturated rings. The third kappa shape index (κ3) is 3.43. The van der Waals surface area contributed by atoms with E-state index in [-0.39, 0.29) is 6.10 Å². The lowest BCUT2D eigenvalue weighted by Gasteiger charge is -2.31. The van der Waals surface area contributed by atoms with E-state index in [1.54, 1.807) is 0 Å². The Labute approximate surface area is 125 Å². The molecule has 0 saturated carbocycles. The van der Waals surface area contributed by atoms with Crippen LogP contribution in [0.15, 0.2) is 54.6 Å². The van der Waals surface area contributed by atoms with Crippen LogP contribution in [-0.2, 0) is 4.74 Å². The molecule has 2 unspecified atom stereocenters. The predicted octanol–water partition coefficient (Wildman–Crippen LogP) is 3.11. The first-order valence-corrected chi connectivity index (χ1v) is 7.44. The van der Waals surface area contributed by atoms with Crippen LogP contribution in [0.2, 0.25) is 0 Å². The fourth-order valence-electron chi connectivity index (χ4n) is 2.69. The Kier molecular flexibility index (Phi) is 4.53. The van der Waals surface area contributed by atoms with Crippen molar-refractivity contribution in [1.29, 1.82) is 0 Å². The summed E-state index contributed by atoms with van der Waals surface area (Å²) in [5.41, 5.74) is 2.42. The molecular formula is C18H21NO2. The molecule has 0 aliphatic carbocycles. The van der Waals surface area contributed by atoms with Gasteiger partial charge < -0.3 is 14.8 Å². The quantitative estimate of drug-likeness (QED) is 0.935. The molecule has 2 aromatic carbocycles. The highest BCUT2D eigenvalue weighted by Gasteiger charge is 2.25. The minimum atomic E-state index is 0.0753. The number of nitrogens with one attached hydrogen (secondary N) is 1. The highest BCUT2D eigenvalue weighted by molar-refractivity contribution is 5.63. The maximum Gasteiger partial charge on any atom is 0.137 e. The van der Waals surface area contributed by atoms with E-state index in [2.05, 4.69) is 41.7 Å². The number of hydrogen-bond donors (Lipinski definition) is 1. The van der Waals surface area contributed by atoms with E-state index in [4.69, 9.17) is 9.47 Å². The van der Waals surface area contributed by atoms with Gasteiger partial charge in [0.15, 0.2) is 0 Å². The zero-order valence-corrected chi connectivity index (χ0v) is 12.3. The van der Waals surface area contributed by atoms with Crippen LogP contribution < -0.4 is 10.1 Å². The van der Waals surface area contributed by atoms with E-state index in [9.17, 15) is 0 Å². The molecule has 1 heterocycles. The molecule has 3 nitrogen and oxygen atoms in total. The van der Waals surface area contributed by atoms with Gasteiger partial charge in [-0.15, -0.1) is 0 Å². The van der Waals surface area contributed by atoms with Gasteiger partial charge in [0.1, 0.15) is 11.9 Å². The van der Waals surface area contributed by atoms with Gasteiger partial charge in [-0.25, -0.2) is 0 Å². The molecule has 0 amide bonds. The van der Waals surface area contributed by atoms with Gasteiger partial charge in [0, 0.05) is 12.6 Å². The molecule has 3 rings (SSSR count). The summed E-state index contributed by atoms with van der Waals surface area (Å²) in [4.78, 5) is 0. The zero-order chi connectivity index (χ0) is 14.5. The number of hydrogen-bond acceptors (Lipinski definition) is 3. The van der Waals surface area contributed by atoms with Crippen molar-refractivity contribution in [3.63, 3.8) is 0 Å². The van der Waals surface area contributed by atoms with Crippen molar-refractivity contribution in [2.24, 2.45) is 0 Å². The second-order valence-electron chi connectivity index (χ2n) is 5.31. The Hall–Kier alpha value is -1.84. The molecule has 1 saturated heterocycles. The average Bonchev–Trinajstić information content (AvgIpc) is 2.57. The van der Waals surface area contributed by atoms with Crippen molar-refractivity contribution in [3.05, 3.63) is 54.6 Å². The molecule has 3 heteroatoms. The Morgan fingerprint density at radius 2 is 1.71 bits per heavy atom. The largest absolute Gasteiger partial charge is 0.486 e. The second-order valence-corrected chi connectivity index (χ2v) is 5.31. The molecule has 110 valence electrons. The predicted molar refractivity (Wildman–Crippen MR) is 84.6 cm³/mol. The number of likely N-dealkylation sites (N-methyl/N-ethyl adjacent to an activating group) is 1. The van der Waals surface area contributed by atoms with Crippen molar-refractivity contribution in [2.75, 3.05) is 20.3 Å². The molecule has 21 heavy (non-hydrogen) atoms. The molecule has 0 aromatic heterocycles. The lowest BCUT2D eigenvalue weighted by molar-refractivity contribution is -0.0129. The first-order chi connectivity index (χ1) is 10.4. The molecular weight excluding hydrogens is 262 g/mol. The van der Waals surface area contributed by atoms with Crippen LogP contribution in [0.4, 0.5) is 0 Å². The van der Waals surface area contributed by atoms with Crippen molar-refractivity contribution in [2.45, 2.75) is 18.6 Å². The molecule has 1 N–H and O–H groups in total. The van der Waals surface area contributed by atoms with Crippen LogP contribution in [0, 0.1) is 0 Å². The molecule has 2 atom stereocenters. The van der Waals surface area contributed by atoms with E-state index < -0.39 is 0 Å². The summed E-state index contributed by atoms with van der Waals surface area (Å²) in [6.45, 7) is 1.45. The number of ether oxygens (including phenoxy) is 2. The first-order valence-electron chi connectivity index (χ1n) is 7.44. The molecule has 0 spiro atoms. The fraction of sp³-hybridized carbons (Fsp3) is 0.333.